The number of rotatable bonds is 2. The number of hydrogen-bond acceptors (Lipinski definition) is 0. The summed E-state index contributed by atoms with van der Waals surface area (Å²) in [4.78, 5) is 0. The van der Waals surface area contributed by atoms with E-state index in [-0.39, 0.29) is 0 Å². The highest BCUT2D eigenvalue weighted by Gasteiger charge is 2.07. The molecular weight excluding hydrogens is 266 g/mol. The van der Waals surface area contributed by atoms with E-state index in [0.29, 0.717) is 0 Å². The second kappa shape index (κ2) is 5.19. The van der Waals surface area contributed by atoms with E-state index in [4.69, 9.17) is 0 Å². The minimum atomic E-state index is 1.22. The van der Waals surface area contributed by atoms with E-state index in [9.17, 15) is 0 Å². The predicted molar refractivity (Wildman–Crippen MR) is 95.8 cm³/mol. The van der Waals surface area contributed by atoms with Crippen molar-refractivity contribution >= 4 is 34.0 Å². The second-order valence-electron chi connectivity index (χ2n) is 5.60. The van der Waals surface area contributed by atoms with Gasteiger partial charge in [-0.1, -0.05) is 66.7 Å². The first kappa shape index (κ1) is 12.9. The minimum absolute atomic E-state index is 1.22. The van der Waals surface area contributed by atoms with E-state index in [0.717, 1.165) is 0 Å². The summed E-state index contributed by atoms with van der Waals surface area (Å²) in [5.41, 5.74) is 5.01. The molecular formula is C21H17N. The second-order valence-corrected chi connectivity index (χ2v) is 5.60. The molecule has 0 saturated heterocycles. The fraction of sp³-hybridized carbons (Fsp3) is 0.0476. The zero-order valence-electron chi connectivity index (χ0n) is 12.5. The summed E-state index contributed by atoms with van der Waals surface area (Å²) < 4.78 is 2.26. The number of fused-ring (bicyclic) bond motifs is 3. The summed E-state index contributed by atoms with van der Waals surface area (Å²) in [6, 6.07) is 25.6. The van der Waals surface area contributed by atoms with Crippen LogP contribution in [0.4, 0.5) is 0 Å². The SMILES string of the molecule is Cn1c2ccccc2c2cc(C=Cc3ccccc3)ccc21. The lowest BCUT2D eigenvalue weighted by Gasteiger charge is -1.99. The molecule has 0 aliphatic carbocycles. The largest absolute Gasteiger partial charge is 0.344 e. The summed E-state index contributed by atoms with van der Waals surface area (Å²) in [5.74, 6) is 0. The van der Waals surface area contributed by atoms with Crippen molar-refractivity contribution in [3.8, 4) is 0 Å². The van der Waals surface area contributed by atoms with Crippen LogP contribution >= 0.6 is 0 Å². The topological polar surface area (TPSA) is 4.93 Å². The normalized spacial score (nSPS) is 11.7. The van der Waals surface area contributed by atoms with Crippen molar-refractivity contribution in [2.75, 3.05) is 0 Å². The Balaban J connectivity index is 1.84. The van der Waals surface area contributed by atoms with Gasteiger partial charge in [0.05, 0.1) is 0 Å². The minimum Gasteiger partial charge on any atom is -0.344 e. The summed E-state index contributed by atoms with van der Waals surface area (Å²) in [6.45, 7) is 0. The average molecular weight is 283 g/mol. The Morgan fingerprint density at radius 1 is 0.636 bits per heavy atom. The molecule has 0 saturated carbocycles. The van der Waals surface area contributed by atoms with Gasteiger partial charge < -0.3 is 4.57 Å². The number of nitrogens with zero attached hydrogens (tertiary/aromatic N) is 1. The number of aryl methyl sites for hydroxylation is 1. The third kappa shape index (κ3) is 2.11. The molecule has 0 spiro atoms. The zero-order chi connectivity index (χ0) is 14.9. The third-order valence-corrected chi connectivity index (χ3v) is 4.21. The molecule has 4 rings (SSSR count). The summed E-state index contributed by atoms with van der Waals surface area (Å²) in [5, 5.41) is 2.63. The fourth-order valence-corrected chi connectivity index (χ4v) is 3.05. The van der Waals surface area contributed by atoms with E-state index in [2.05, 4.69) is 90.5 Å². The van der Waals surface area contributed by atoms with Gasteiger partial charge in [-0.25, -0.2) is 0 Å². The van der Waals surface area contributed by atoms with Gasteiger partial charge in [0, 0.05) is 28.9 Å². The van der Waals surface area contributed by atoms with Crippen LogP contribution < -0.4 is 0 Å². The molecule has 1 nitrogen and oxygen atoms in total. The van der Waals surface area contributed by atoms with Crippen LogP contribution in [-0.2, 0) is 7.05 Å². The Kier molecular flexibility index (Phi) is 3.05. The first-order chi connectivity index (χ1) is 10.8. The molecule has 106 valence electrons. The van der Waals surface area contributed by atoms with Crippen molar-refractivity contribution in [1.29, 1.82) is 0 Å². The zero-order valence-corrected chi connectivity index (χ0v) is 12.5. The van der Waals surface area contributed by atoms with Crippen molar-refractivity contribution in [2.24, 2.45) is 7.05 Å². The number of para-hydroxylation sites is 1. The Bertz CT molecular complexity index is 975. The first-order valence-corrected chi connectivity index (χ1v) is 7.53. The van der Waals surface area contributed by atoms with Gasteiger partial charge in [0.25, 0.3) is 0 Å². The number of aromatic nitrogens is 1. The highest BCUT2D eigenvalue weighted by atomic mass is 14.9. The molecule has 0 bridgehead atoms. The lowest BCUT2D eigenvalue weighted by Crippen LogP contribution is -1.85. The van der Waals surface area contributed by atoms with Crippen LogP contribution in [0.3, 0.4) is 0 Å². The van der Waals surface area contributed by atoms with Crippen LogP contribution in [0.5, 0.6) is 0 Å². The van der Waals surface area contributed by atoms with Gasteiger partial charge >= 0.3 is 0 Å². The van der Waals surface area contributed by atoms with Crippen molar-refractivity contribution in [1.82, 2.24) is 4.57 Å². The molecule has 0 radical (unpaired) electrons. The lowest BCUT2D eigenvalue weighted by molar-refractivity contribution is 1.01. The van der Waals surface area contributed by atoms with Crippen LogP contribution in [0, 0.1) is 0 Å². The van der Waals surface area contributed by atoms with Gasteiger partial charge in [0.2, 0.25) is 0 Å². The molecule has 0 amide bonds. The van der Waals surface area contributed by atoms with Crippen LogP contribution in [-0.4, -0.2) is 4.57 Å². The molecule has 0 N–H and O–H groups in total. The maximum Gasteiger partial charge on any atom is 0.0489 e. The van der Waals surface area contributed by atoms with Crippen molar-refractivity contribution in [3.05, 3.63) is 83.9 Å². The van der Waals surface area contributed by atoms with E-state index < -0.39 is 0 Å². The number of benzene rings is 3. The Labute approximate surface area is 130 Å². The van der Waals surface area contributed by atoms with Crippen LogP contribution in [0.15, 0.2) is 72.8 Å². The molecule has 0 aliphatic rings. The molecule has 0 unspecified atom stereocenters. The lowest BCUT2D eigenvalue weighted by atomic mass is 10.1. The highest BCUT2D eigenvalue weighted by Crippen LogP contribution is 2.29. The first-order valence-electron chi connectivity index (χ1n) is 7.53. The van der Waals surface area contributed by atoms with Gasteiger partial charge in [-0.15, -0.1) is 0 Å². The van der Waals surface area contributed by atoms with Crippen molar-refractivity contribution < 1.29 is 0 Å². The van der Waals surface area contributed by atoms with E-state index in [1.807, 2.05) is 6.07 Å². The molecule has 1 heteroatoms. The third-order valence-electron chi connectivity index (χ3n) is 4.21. The van der Waals surface area contributed by atoms with Crippen molar-refractivity contribution in [3.63, 3.8) is 0 Å². The van der Waals surface area contributed by atoms with Gasteiger partial charge in [-0.05, 0) is 29.3 Å². The predicted octanol–water partition coefficient (Wildman–Crippen LogP) is 5.50. The van der Waals surface area contributed by atoms with Crippen LogP contribution in [0.1, 0.15) is 11.1 Å². The molecule has 1 aromatic heterocycles. The maximum absolute atomic E-state index is 2.27. The quantitative estimate of drug-likeness (QED) is 0.428. The van der Waals surface area contributed by atoms with Gasteiger partial charge in [-0.2, -0.15) is 0 Å². The van der Waals surface area contributed by atoms with E-state index in [1.165, 1.54) is 32.9 Å². The molecule has 4 aromatic rings. The number of hydrogen-bond donors (Lipinski definition) is 0. The van der Waals surface area contributed by atoms with E-state index >= 15 is 0 Å². The Hall–Kier alpha value is -2.80. The molecule has 0 atom stereocenters. The molecule has 1 heterocycles. The smallest absolute Gasteiger partial charge is 0.0489 e. The monoisotopic (exact) mass is 283 g/mol. The Morgan fingerprint density at radius 2 is 1.32 bits per heavy atom. The van der Waals surface area contributed by atoms with Gasteiger partial charge in [0.1, 0.15) is 0 Å². The molecule has 0 fully saturated rings. The maximum atomic E-state index is 2.27. The summed E-state index contributed by atoms with van der Waals surface area (Å²) in [6.07, 6.45) is 4.34. The van der Waals surface area contributed by atoms with E-state index in [1.54, 1.807) is 0 Å². The molecule has 22 heavy (non-hydrogen) atoms. The standard InChI is InChI=1S/C21H17N/c1-22-20-10-6-5-9-18(20)19-15-17(13-14-21(19)22)12-11-16-7-3-2-4-8-16/h2-15H,1H3. The molecule has 0 aliphatic heterocycles. The Morgan fingerprint density at radius 3 is 2.18 bits per heavy atom. The van der Waals surface area contributed by atoms with Gasteiger partial charge in [0.15, 0.2) is 0 Å². The summed E-state index contributed by atoms with van der Waals surface area (Å²) in [7, 11) is 2.13. The van der Waals surface area contributed by atoms with Crippen LogP contribution in [0.2, 0.25) is 0 Å². The fourth-order valence-electron chi connectivity index (χ4n) is 3.05. The molecule has 3 aromatic carbocycles. The van der Waals surface area contributed by atoms with Crippen molar-refractivity contribution in [2.45, 2.75) is 0 Å². The summed E-state index contributed by atoms with van der Waals surface area (Å²) >= 11 is 0. The average Bonchev–Trinajstić information content (AvgIpc) is 2.87. The highest BCUT2D eigenvalue weighted by molar-refractivity contribution is 6.08. The van der Waals surface area contributed by atoms with Gasteiger partial charge in [-0.3, -0.25) is 0 Å². The van der Waals surface area contributed by atoms with Crippen LogP contribution in [0.25, 0.3) is 34.0 Å².